The Morgan fingerprint density at radius 3 is 2.00 bits per heavy atom. The zero-order chi connectivity index (χ0) is 14.7. The fourth-order valence-corrected chi connectivity index (χ4v) is 2.55. The van der Waals surface area contributed by atoms with Crippen molar-refractivity contribution in [2.75, 3.05) is 33.3 Å². The topological polar surface area (TPSA) is 61.9 Å². The SMILES string of the molecule is COC(=O)C(C)N1CCN(C(C)C(=O)NC2CC2)CC1. The van der Waals surface area contributed by atoms with E-state index in [1.54, 1.807) is 0 Å². The quantitative estimate of drug-likeness (QED) is 0.710. The molecule has 2 fully saturated rings. The van der Waals surface area contributed by atoms with Gasteiger partial charge in [-0.05, 0) is 26.7 Å². The third-order valence-corrected chi connectivity index (χ3v) is 4.29. The molecule has 2 rings (SSSR count). The molecule has 6 nitrogen and oxygen atoms in total. The van der Waals surface area contributed by atoms with Crippen LogP contribution in [0.1, 0.15) is 26.7 Å². The van der Waals surface area contributed by atoms with E-state index in [9.17, 15) is 9.59 Å². The van der Waals surface area contributed by atoms with Crippen LogP contribution < -0.4 is 5.32 Å². The van der Waals surface area contributed by atoms with Gasteiger partial charge in [-0.25, -0.2) is 0 Å². The summed E-state index contributed by atoms with van der Waals surface area (Å²) >= 11 is 0. The number of rotatable bonds is 5. The van der Waals surface area contributed by atoms with E-state index in [0.29, 0.717) is 6.04 Å². The van der Waals surface area contributed by atoms with Crippen LogP contribution in [-0.2, 0) is 14.3 Å². The van der Waals surface area contributed by atoms with Crippen molar-refractivity contribution in [2.24, 2.45) is 0 Å². The van der Waals surface area contributed by atoms with E-state index in [0.717, 1.165) is 39.0 Å². The Morgan fingerprint density at radius 2 is 1.55 bits per heavy atom. The summed E-state index contributed by atoms with van der Waals surface area (Å²) in [5, 5.41) is 3.04. The van der Waals surface area contributed by atoms with E-state index in [1.165, 1.54) is 7.11 Å². The van der Waals surface area contributed by atoms with Crippen molar-refractivity contribution in [1.82, 2.24) is 15.1 Å². The summed E-state index contributed by atoms with van der Waals surface area (Å²) in [6.45, 7) is 7.01. The van der Waals surface area contributed by atoms with E-state index in [-0.39, 0.29) is 24.0 Å². The van der Waals surface area contributed by atoms with E-state index in [1.807, 2.05) is 13.8 Å². The van der Waals surface area contributed by atoms with E-state index >= 15 is 0 Å². The summed E-state index contributed by atoms with van der Waals surface area (Å²) in [5.74, 6) is -0.0695. The molecule has 0 aromatic carbocycles. The Labute approximate surface area is 120 Å². The summed E-state index contributed by atoms with van der Waals surface area (Å²) < 4.78 is 4.77. The molecule has 0 radical (unpaired) electrons. The summed E-state index contributed by atoms with van der Waals surface area (Å²) in [6.07, 6.45) is 2.23. The average Bonchev–Trinajstić information content (AvgIpc) is 3.28. The maximum atomic E-state index is 12.0. The molecular formula is C14H25N3O3. The third kappa shape index (κ3) is 3.70. The summed E-state index contributed by atoms with van der Waals surface area (Å²) in [7, 11) is 1.42. The van der Waals surface area contributed by atoms with Gasteiger partial charge in [-0.2, -0.15) is 0 Å². The molecule has 1 amide bonds. The molecule has 20 heavy (non-hydrogen) atoms. The predicted octanol–water partition coefficient (Wildman–Crippen LogP) is -0.167. The van der Waals surface area contributed by atoms with Gasteiger partial charge in [0.2, 0.25) is 5.91 Å². The Hall–Kier alpha value is -1.14. The van der Waals surface area contributed by atoms with Crippen molar-refractivity contribution in [1.29, 1.82) is 0 Å². The zero-order valence-electron chi connectivity index (χ0n) is 12.6. The molecular weight excluding hydrogens is 258 g/mol. The van der Waals surface area contributed by atoms with Gasteiger partial charge >= 0.3 is 5.97 Å². The molecule has 2 atom stereocenters. The van der Waals surface area contributed by atoms with Crippen LogP contribution in [0.5, 0.6) is 0 Å². The molecule has 1 aliphatic carbocycles. The maximum absolute atomic E-state index is 12.0. The molecule has 6 heteroatoms. The largest absolute Gasteiger partial charge is 0.468 e. The van der Waals surface area contributed by atoms with Gasteiger partial charge < -0.3 is 10.1 Å². The van der Waals surface area contributed by atoms with Crippen LogP contribution in [0.15, 0.2) is 0 Å². The van der Waals surface area contributed by atoms with E-state index < -0.39 is 0 Å². The Balaban J connectivity index is 1.78. The number of methoxy groups -OCH3 is 1. The summed E-state index contributed by atoms with van der Waals surface area (Å²) in [5.41, 5.74) is 0. The molecule has 114 valence electrons. The number of esters is 1. The van der Waals surface area contributed by atoms with Crippen LogP contribution in [0.3, 0.4) is 0 Å². The molecule has 1 saturated carbocycles. The number of carbonyl (C=O) groups excluding carboxylic acids is 2. The number of hydrogen-bond acceptors (Lipinski definition) is 5. The minimum absolute atomic E-state index is 0.0915. The Bertz CT molecular complexity index is 363. The molecule has 2 unspecified atom stereocenters. The number of nitrogens with one attached hydrogen (secondary N) is 1. The molecule has 0 spiro atoms. The number of carbonyl (C=O) groups is 2. The van der Waals surface area contributed by atoms with Crippen LogP contribution in [0.25, 0.3) is 0 Å². The van der Waals surface area contributed by atoms with E-state index in [4.69, 9.17) is 4.74 Å². The second-order valence-electron chi connectivity index (χ2n) is 5.73. The highest BCUT2D eigenvalue weighted by Gasteiger charge is 2.32. The van der Waals surface area contributed by atoms with Crippen molar-refractivity contribution in [3.05, 3.63) is 0 Å². The molecule has 0 aromatic rings. The highest BCUT2D eigenvalue weighted by Crippen LogP contribution is 2.19. The Morgan fingerprint density at radius 1 is 1.05 bits per heavy atom. The normalized spacial score (nSPS) is 23.9. The first-order valence-corrected chi connectivity index (χ1v) is 7.39. The number of nitrogens with zero attached hydrogens (tertiary/aromatic N) is 2. The van der Waals surface area contributed by atoms with Gasteiger partial charge in [0.1, 0.15) is 6.04 Å². The number of piperazine rings is 1. The Kier molecular flexibility index (Phi) is 4.99. The second-order valence-corrected chi connectivity index (χ2v) is 5.73. The van der Waals surface area contributed by atoms with Gasteiger partial charge in [-0.15, -0.1) is 0 Å². The van der Waals surface area contributed by atoms with Gasteiger partial charge in [0.25, 0.3) is 0 Å². The van der Waals surface area contributed by atoms with Crippen molar-refractivity contribution in [3.8, 4) is 0 Å². The van der Waals surface area contributed by atoms with Gasteiger partial charge in [0.15, 0.2) is 0 Å². The molecule has 0 bridgehead atoms. The minimum atomic E-state index is -0.210. The first-order valence-electron chi connectivity index (χ1n) is 7.39. The van der Waals surface area contributed by atoms with Crippen molar-refractivity contribution in [3.63, 3.8) is 0 Å². The van der Waals surface area contributed by atoms with Crippen LogP contribution in [0, 0.1) is 0 Å². The molecule has 2 aliphatic rings. The molecule has 1 N–H and O–H groups in total. The lowest BCUT2D eigenvalue weighted by Crippen LogP contribution is -2.56. The second kappa shape index (κ2) is 6.54. The standard InChI is InChI=1S/C14H25N3O3/c1-10(13(18)15-12-4-5-12)16-6-8-17(9-7-16)11(2)14(19)20-3/h10-12H,4-9H2,1-3H3,(H,15,18). The monoisotopic (exact) mass is 283 g/mol. The lowest BCUT2D eigenvalue weighted by molar-refractivity contribution is -0.147. The maximum Gasteiger partial charge on any atom is 0.322 e. The minimum Gasteiger partial charge on any atom is -0.468 e. The highest BCUT2D eigenvalue weighted by molar-refractivity contribution is 5.81. The number of ether oxygens (including phenoxy) is 1. The van der Waals surface area contributed by atoms with Gasteiger partial charge in [0, 0.05) is 32.2 Å². The van der Waals surface area contributed by atoms with Crippen molar-refractivity contribution >= 4 is 11.9 Å². The van der Waals surface area contributed by atoms with Gasteiger partial charge in [-0.1, -0.05) is 0 Å². The van der Waals surface area contributed by atoms with Crippen molar-refractivity contribution < 1.29 is 14.3 Å². The molecule has 1 heterocycles. The molecule has 1 aliphatic heterocycles. The number of hydrogen-bond donors (Lipinski definition) is 1. The van der Waals surface area contributed by atoms with Crippen LogP contribution in [0.4, 0.5) is 0 Å². The molecule has 1 saturated heterocycles. The smallest absolute Gasteiger partial charge is 0.322 e. The first kappa shape index (κ1) is 15.3. The van der Waals surface area contributed by atoms with Crippen LogP contribution in [0.2, 0.25) is 0 Å². The zero-order valence-corrected chi connectivity index (χ0v) is 12.6. The van der Waals surface area contributed by atoms with Gasteiger partial charge in [-0.3, -0.25) is 19.4 Å². The predicted molar refractivity (Wildman–Crippen MR) is 75.3 cm³/mol. The van der Waals surface area contributed by atoms with Crippen LogP contribution in [-0.4, -0.2) is 73.1 Å². The lowest BCUT2D eigenvalue weighted by atomic mass is 10.2. The molecule has 0 aromatic heterocycles. The van der Waals surface area contributed by atoms with Crippen molar-refractivity contribution in [2.45, 2.75) is 44.8 Å². The fraction of sp³-hybridized carbons (Fsp3) is 0.857. The van der Waals surface area contributed by atoms with Crippen LogP contribution >= 0.6 is 0 Å². The summed E-state index contributed by atoms with van der Waals surface area (Å²) in [6, 6.07) is 0.106. The highest BCUT2D eigenvalue weighted by atomic mass is 16.5. The third-order valence-electron chi connectivity index (χ3n) is 4.29. The average molecular weight is 283 g/mol. The first-order chi connectivity index (χ1) is 9.52. The van der Waals surface area contributed by atoms with E-state index in [2.05, 4.69) is 15.1 Å². The van der Waals surface area contributed by atoms with Gasteiger partial charge in [0.05, 0.1) is 13.2 Å². The number of amides is 1. The lowest BCUT2D eigenvalue weighted by Gasteiger charge is -2.39. The summed E-state index contributed by atoms with van der Waals surface area (Å²) in [4.78, 5) is 27.8. The fourth-order valence-electron chi connectivity index (χ4n) is 2.55.